The van der Waals surface area contributed by atoms with E-state index in [-0.39, 0.29) is 5.96 Å². The van der Waals surface area contributed by atoms with E-state index in [1.165, 1.54) is 6.20 Å². The maximum atomic E-state index is 5.03. The molecule has 0 aliphatic carbocycles. The minimum atomic E-state index is 0.162. The molecule has 0 rings (SSSR count). The van der Waals surface area contributed by atoms with Gasteiger partial charge in [0, 0.05) is 6.20 Å². The summed E-state index contributed by atoms with van der Waals surface area (Å²) in [6.45, 7) is 3.29. The van der Waals surface area contributed by atoms with Crippen molar-refractivity contribution < 1.29 is 0 Å². The summed E-state index contributed by atoms with van der Waals surface area (Å²) in [5, 5.41) is 0. The molecule has 40 valence electrons. The van der Waals surface area contributed by atoms with Crippen molar-refractivity contribution in [3.05, 3.63) is 12.8 Å². The van der Waals surface area contributed by atoms with Gasteiger partial charge < -0.3 is 5.73 Å². The molecular weight excluding hydrogens is 92.1 g/mol. The first-order chi connectivity index (χ1) is 3.31. The summed E-state index contributed by atoms with van der Waals surface area (Å²) >= 11 is 0. The molecule has 0 spiro atoms. The van der Waals surface area contributed by atoms with Crippen molar-refractivity contribution in [3.63, 3.8) is 0 Å². The zero-order valence-corrected chi connectivity index (χ0v) is 3.89. The van der Waals surface area contributed by atoms with Crippen LogP contribution >= 0.6 is 0 Å². The van der Waals surface area contributed by atoms with E-state index in [1.807, 2.05) is 0 Å². The molecule has 0 aliphatic rings. The van der Waals surface area contributed by atoms with Gasteiger partial charge in [0.2, 0.25) is 5.96 Å². The average molecular weight is 100 g/mol. The SMILES string of the molecule is C=CN=C(N)NN. The van der Waals surface area contributed by atoms with E-state index in [9.17, 15) is 0 Å². The topological polar surface area (TPSA) is 76.4 Å². The first-order valence-electron chi connectivity index (χ1n) is 1.72. The second-order valence-corrected chi connectivity index (χ2v) is 0.841. The fraction of sp³-hybridized carbons (Fsp3) is 0. The Morgan fingerprint density at radius 3 is 2.57 bits per heavy atom. The van der Waals surface area contributed by atoms with Crippen molar-refractivity contribution in [1.29, 1.82) is 0 Å². The third kappa shape index (κ3) is 2.78. The standard InChI is InChI=1S/C3H8N4/c1-2-6-3(4)7-5/h2H,1,5H2,(H3,4,6,7). The summed E-state index contributed by atoms with van der Waals surface area (Å²) in [7, 11) is 0. The van der Waals surface area contributed by atoms with E-state index in [2.05, 4.69) is 17.0 Å². The molecule has 0 fully saturated rings. The Labute approximate surface area is 41.9 Å². The van der Waals surface area contributed by atoms with Gasteiger partial charge in [-0.05, 0) is 0 Å². The zero-order valence-electron chi connectivity index (χ0n) is 3.89. The van der Waals surface area contributed by atoms with Gasteiger partial charge in [-0.2, -0.15) is 0 Å². The molecule has 0 aromatic rings. The van der Waals surface area contributed by atoms with Gasteiger partial charge in [-0.15, -0.1) is 0 Å². The number of hydrazine groups is 1. The Hall–Kier alpha value is -1.03. The molecule has 0 bridgehead atoms. The van der Waals surface area contributed by atoms with Crippen LogP contribution in [0, 0.1) is 0 Å². The number of nitrogens with zero attached hydrogens (tertiary/aromatic N) is 1. The highest BCUT2D eigenvalue weighted by molar-refractivity contribution is 5.77. The van der Waals surface area contributed by atoms with Gasteiger partial charge in [-0.1, -0.05) is 6.58 Å². The van der Waals surface area contributed by atoms with Crippen molar-refractivity contribution in [2.75, 3.05) is 0 Å². The highest BCUT2D eigenvalue weighted by Gasteiger charge is 1.74. The highest BCUT2D eigenvalue weighted by Crippen LogP contribution is 1.60. The minimum absolute atomic E-state index is 0.162. The number of aliphatic imine (C=N–C) groups is 1. The van der Waals surface area contributed by atoms with E-state index >= 15 is 0 Å². The maximum Gasteiger partial charge on any atom is 0.207 e. The molecule has 4 nitrogen and oxygen atoms in total. The van der Waals surface area contributed by atoms with Crippen molar-refractivity contribution in [2.45, 2.75) is 0 Å². The second kappa shape index (κ2) is 3.17. The van der Waals surface area contributed by atoms with Crippen LogP contribution in [0.5, 0.6) is 0 Å². The molecular formula is C3H8N4. The number of hydrogen-bond acceptors (Lipinski definition) is 2. The van der Waals surface area contributed by atoms with Gasteiger partial charge in [0.15, 0.2) is 0 Å². The van der Waals surface area contributed by atoms with Gasteiger partial charge in [0.25, 0.3) is 0 Å². The molecule has 4 heteroatoms. The Balaban J connectivity index is 3.49. The van der Waals surface area contributed by atoms with Gasteiger partial charge in [-0.25, -0.2) is 10.8 Å². The molecule has 5 N–H and O–H groups in total. The van der Waals surface area contributed by atoms with Crippen molar-refractivity contribution in [1.82, 2.24) is 5.43 Å². The third-order valence-electron chi connectivity index (χ3n) is 0.378. The fourth-order valence-electron chi connectivity index (χ4n) is 0.136. The van der Waals surface area contributed by atoms with Crippen LogP contribution in [-0.4, -0.2) is 5.96 Å². The van der Waals surface area contributed by atoms with Crippen LogP contribution in [0.15, 0.2) is 17.8 Å². The molecule has 0 aliphatic heterocycles. The normalized spacial score (nSPS) is 10.7. The molecule has 0 amide bonds. The van der Waals surface area contributed by atoms with Crippen molar-refractivity contribution in [2.24, 2.45) is 16.6 Å². The number of nitrogens with one attached hydrogen (secondary N) is 1. The average Bonchev–Trinajstić information content (AvgIpc) is 1.68. The molecule has 0 unspecified atom stereocenters. The Kier molecular flexibility index (Phi) is 2.70. The molecule has 0 heterocycles. The van der Waals surface area contributed by atoms with Gasteiger partial charge in [0.05, 0.1) is 0 Å². The molecule has 0 atom stereocenters. The quantitative estimate of drug-likeness (QED) is 0.169. The Morgan fingerprint density at radius 1 is 1.86 bits per heavy atom. The summed E-state index contributed by atoms with van der Waals surface area (Å²) in [4.78, 5) is 3.47. The van der Waals surface area contributed by atoms with E-state index in [1.54, 1.807) is 0 Å². The van der Waals surface area contributed by atoms with E-state index < -0.39 is 0 Å². The number of nitrogens with two attached hydrogens (primary N) is 2. The van der Waals surface area contributed by atoms with E-state index in [0.29, 0.717) is 0 Å². The zero-order chi connectivity index (χ0) is 5.70. The summed E-state index contributed by atoms with van der Waals surface area (Å²) in [6, 6.07) is 0. The lowest BCUT2D eigenvalue weighted by molar-refractivity contribution is 1.01. The summed E-state index contributed by atoms with van der Waals surface area (Å²) < 4.78 is 0. The largest absolute Gasteiger partial charge is 0.369 e. The maximum absolute atomic E-state index is 5.03. The van der Waals surface area contributed by atoms with Crippen LogP contribution in [0.2, 0.25) is 0 Å². The van der Waals surface area contributed by atoms with Crippen LogP contribution in [0.25, 0.3) is 0 Å². The van der Waals surface area contributed by atoms with Gasteiger partial charge in [-0.3, -0.25) is 5.43 Å². The Morgan fingerprint density at radius 2 is 2.43 bits per heavy atom. The predicted molar refractivity (Wildman–Crippen MR) is 29.1 cm³/mol. The molecule has 7 heavy (non-hydrogen) atoms. The first kappa shape index (κ1) is 5.97. The Bertz CT molecular complexity index is 84.9. The molecule has 0 saturated heterocycles. The summed E-state index contributed by atoms with van der Waals surface area (Å²) in [5.41, 5.74) is 7.15. The highest BCUT2D eigenvalue weighted by atomic mass is 15.3. The van der Waals surface area contributed by atoms with Gasteiger partial charge in [0.1, 0.15) is 0 Å². The molecule has 0 aromatic carbocycles. The smallest absolute Gasteiger partial charge is 0.207 e. The van der Waals surface area contributed by atoms with Crippen LogP contribution < -0.4 is 17.0 Å². The fourth-order valence-corrected chi connectivity index (χ4v) is 0.136. The van der Waals surface area contributed by atoms with Crippen LogP contribution in [0.3, 0.4) is 0 Å². The number of rotatable bonds is 1. The number of hydrogen-bond donors (Lipinski definition) is 3. The lowest BCUT2D eigenvalue weighted by Crippen LogP contribution is -2.36. The van der Waals surface area contributed by atoms with Crippen LogP contribution in [0.4, 0.5) is 0 Å². The molecule has 0 saturated carbocycles. The van der Waals surface area contributed by atoms with Crippen molar-refractivity contribution >= 4 is 5.96 Å². The minimum Gasteiger partial charge on any atom is -0.369 e. The van der Waals surface area contributed by atoms with Crippen molar-refractivity contribution in [3.8, 4) is 0 Å². The predicted octanol–water partition coefficient (Wildman–Crippen LogP) is -1.09. The lowest BCUT2D eigenvalue weighted by atomic mass is 11.0. The summed E-state index contributed by atoms with van der Waals surface area (Å²) in [5.74, 6) is 4.97. The molecule has 0 radical (unpaired) electrons. The lowest BCUT2D eigenvalue weighted by Gasteiger charge is -1.90. The second-order valence-electron chi connectivity index (χ2n) is 0.841. The number of guanidine groups is 1. The first-order valence-corrected chi connectivity index (χ1v) is 1.72. The van der Waals surface area contributed by atoms with Gasteiger partial charge >= 0.3 is 0 Å². The summed E-state index contributed by atoms with van der Waals surface area (Å²) in [6.07, 6.45) is 1.30. The third-order valence-corrected chi connectivity index (χ3v) is 0.378. The van der Waals surface area contributed by atoms with Crippen LogP contribution in [-0.2, 0) is 0 Å². The molecule has 0 aromatic heterocycles. The van der Waals surface area contributed by atoms with Crippen LogP contribution in [0.1, 0.15) is 0 Å². The van der Waals surface area contributed by atoms with E-state index in [0.717, 1.165) is 0 Å². The van der Waals surface area contributed by atoms with E-state index in [4.69, 9.17) is 11.6 Å². The monoisotopic (exact) mass is 100 g/mol.